The van der Waals surface area contributed by atoms with E-state index >= 15 is 0 Å². The standard InChI is InChI=1S/C29H22BrN3O6/c1-15-13-18(33(37)38)8-9-21(15)32-28(35)23-24(29(32)36)26(27(34)17-7-10-22(39-2)20(30)14-17)31-12-11-16-5-3-4-6-19(16)25(23)31/h3-14,23-26H,1-2H3/t23-,24+,25-,26-/m0/s1. The molecule has 0 radical (unpaired) electrons. The Morgan fingerprint density at radius 1 is 1.03 bits per heavy atom. The van der Waals surface area contributed by atoms with Crippen LogP contribution in [0, 0.1) is 28.9 Å². The largest absolute Gasteiger partial charge is 0.496 e. The van der Waals surface area contributed by atoms with Crippen molar-refractivity contribution in [1.29, 1.82) is 0 Å². The van der Waals surface area contributed by atoms with Crippen LogP contribution < -0.4 is 9.64 Å². The third-order valence-corrected chi connectivity index (χ3v) is 8.42. The fourth-order valence-electron chi connectivity index (χ4n) is 6.09. The second-order valence-electron chi connectivity index (χ2n) is 9.79. The van der Waals surface area contributed by atoms with Crippen molar-refractivity contribution < 1.29 is 24.0 Å². The number of amides is 2. The summed E-state index contributed by atoms with van der Waals surface area (Å²) in [6.45, 7) is 1.62. The van der Waals surface area contributed by atoms with Gasteiger partial charge in [0.2, 0.25) is 11.8 Å². The van der Waals surface area contributed by atoms with Gasteiger partial charge in [0, 0.05) is 23.9 Å². The van der Waals surface area contributed by atoms with E-state index in [1.165, 1.54) is 25.3 Å². The molecule has 0 N–H and O–H groups in total. The van der Waals surface area contributed by atoms with Crippen molar-refractivity contribution >= 4 is 51.0 Å². The summed E-state index contributed by atoms with van der Waals surface area (Å²) in [6, 6.07) is 15.2. The van der Waals surface area contributed by atoms with Crippen LogP contribution in [-0.4, -0.2) is 40.6 Å². The number of Topliss-reactive ketones (excluding diaryl/α,β-unsaturated/α-hetero) is 1. The number of non-ortho nitro benzene ring substituents is 1. The SMILES string of the molecule is COc1ccc(C(=O)[C@@H]2[C@@H]3C(=O)N(c4ccc([N+](=O)[O-])cc4C)C(=O)[C@@H]3[C@@H]3c4ccccc4C=CN23)cc1Br. The van der Waals surface area contributed by atoms with Crippen molar-refractivity contribution in [1.82, 2.24) is 4.90 Å². The van der Waals surface area contributed by atoms with E-state index < -0.39 is 40.7 Å². The number of carbonyl (C=O) groups is 3. The predicted molar refractivity (Wildman–Crippen MR) is 146 cm³/mol. The van der Waals surface area contributed by atoms with E-state index in [0.29, 0.717) is 21.3 Å². The van der Waals surface area contributed by atoms with Gasteiger partial charge in [-0.25, -0.2) is 4.90 Å². The number of methoxy groups -OCH3 is 1. The average Bonchev–Trinajstić information content (AvgIpc) is 3.40. The molecule has 0 spiro atoms. The molecule has 10 heteroatoms. The molecule has 0 aromatic heterocycles. The maximum absolute atomic E-state index is 14.1. The molecule has 2 saturated heterocycles. The number of nitro benzene ring substituents is 1. The van der Waals surface area contributed by atoms with Gasteiger partial charge < -0.3 is 9.64 Å². The van der Waals surface area contributed by atoms with Crippen LogP contribution in [0.3, 0.4) is 0 Å². The first-order chi connectivity index (χ1) is 18.7. The van der Waals surface area contributed by atoms with Crippen LogP contribution in [0.25, 0.3) is 6.08 Å². The maximum atomic E-state index is 14.1. The number of halogens is 1. The Hall–Kier alpha value is -4.31. The van der Waals surface area contributed by atoms with E-state index in [9.17, 15) is 24.5 Å². The summed E-state index contributed by atoms with van der Waals surface area (Å²) in [5.41, 5.74) is 2.74. The minimum absolute atomic E-state index is 0.133. The molecule has 0 saturated carbocycles. The predicted octanol–water partition coefficient (Wildman–Crippen LogP) is 5.07. The molecule has 3 heterocycles. The number of hydrogen-bond acceptors (Lipinski definition) is 7. The summed E-state index contributed by atoms with van der Waals surface area (Å²) < 4.78 is 5.90. The van der Waals surface area contributed by atoms with Gasteiger partial charge in [-0.1, -0.05) is 24.3 Å². The van der Waals surface area contributed by atoms with E-state index in [4.69, 9.17) is 4.74 Å². The van der Waals surface area contributed by atoms with Gasteiger partial charge in [-0.2, -0.15) is 0 Å². The van der Waals surface area contributed by atoms with Crippen molar-refractivity contribution in [2.75, 3.05) is 12.0 Å². The lowest BCUT2D eigenvalue weighted by Gasteiger charge is -2.35. The fraction of sp³-hybridized carbons (Fsp3) is 0.207. The van der Waals surface area contributed by atoms with Crippen LogP contribution in [0.15, 0.2) is 71.3 Å². The number of benzene rings is 3. The van der Waals surface area contributed by atoms with E-state index in [2.05, 4.69) is 15.9 Å². The Balaban J connectivity index is 1.48. The lowest BCUT2D eigenvalue weighted by atomic mass is 9.83. The lowest BCUT2D eigenvalue weighted by Crippen LogP contribution is -2.44. The third-order valence-electron chi connectivity index (χ3n) is 7.80. The molecule has 0 aliphatic carbocycles. The van der Waals surface area contributed by atoms with E-state index in [-0.39, 0.29) is 17.2 Å². The molecule has 4 atom stereocenters. The highest BCUT2D eigenvalue weighted by atomic mass is 79.9. The minimum Gasteiger partial charge on any atom is -0.496 e. The number of fused-ring (bicyclic) bond motifs is 5. The number of nitro groups is 1. The smallest absolute Gasteiger partial charge is 0.269 e. The van der Waals surface area contributed by atoms with Gasteiger partial charge in [-0.05, 0) is 69.9 Å². The Kier molecular flexibility index (Phi) is 5.87. The molecule has 3 aromatic rings. The number of ketones is 1. The molecule has 2 amide bonds. The van der Waals surface area contributed by atoms with Crippen LogP contribution in [-0.2, 0) is 9.59 Å². The molecule has 9 nitrogen and oxygen atoms in total. The lowest BCUT2D eigenvalue weighted by molar-refractivity contribution is -0.384. The molecule has 39 heavy (non-hydrogen) atoms. The van der Waals surface area contributed by atoms with Crippen LogP contribution in [0.2, 0.25) is 0 Å². The Bertz CT molecular complexity index is 1620. The number of carbonyl (C=O) groups excluding carboxylic acids is 3. The topological polar surface area (TPSA) is 110 Å². The van der Waals surface area contributed by atoms with Crippen LogP contribution >= 0.6 is 15.9 Å². The van der Waals surface area contributed by atoms with Gasteiger partial charge in [0.1, 0.15) is 11.8 Å². The number of rotatable bonds is 5. The normalized spacial score (nSPS) is 22.9. The van der Waals surface area contributed by atoms with Gasteiger partial charge in [-0.15, -0.1) is 0 Å². The van der Waals surface area contributed by atoms with Crippen molar-refractivity contribution in [2.24, 2.45) is 11.8 Å². The highest BCUT2D eigenvalue weighted by Gasteiger charge is 2.64. The maximum Gasteiger partial charge on any atom is 0.269 e. The summed E-state index contributed by atoms with van der Waals surface area (Å²) in [4.78, 5) is 55.9. The van der Waals surface area contributed by atoms with E-state index in [1.807, 2.05) is 35.2 Å². The first-order valence-electron chi connectivity index (χ1n) is 12.3. The highest BCUT2D eigenvalue weighted by molar-refractivity contribution is 9.10. The summed E-state index contributed by atoms with van der Waals surface area (Å²) in [7, 11) is 1.53. The average molecular weight is 588 g/mol. The van der Waals surface area contributed by atoms with Crippen LogP contribution in [0.4, 0.5) is 11.4 Å². The summed E-state index contributed by atoms with van der Waals surface area (Å²) >= 11 is 3.43. The number of nitrogens with zero attached hydrogens (tertiary/aromatic N) is 3. The van der Waals surface area contributed by atoms with Crippen molar-refractivity contribution in [3.05, 3.63) is 104 Å². The molecule has 2 fully saturated rings. The Morgan fingerprint density at radius 2 is 1.77 bits per heavy atom. The molecule has 3 aliphatic heterocycles. The number of ether oxygens (including phenoxy) is 1. The van der Waals surface area contributed by atoms with Crippen molar-refractivity contribution in [3.63, 3.8) is 0 Å². The highest BCUT2D eigenvalue weighted by Crippen LogP contribution is 2.54. The Morgan fingerprint density at radius 3 is 2.46 bits per heavy atom. The third kappa shape index (κ3) is 3.69. The van der Waals surface area contributed by atoms with E-state index in [1.54, 1.807) is 31.3 Å². The zero-order valence-electron chi connectivity index (χ0n) is 20.9. The van der Waals surface area contributed by atoms with Crippen molar-refractivity contribution in [3.8, 4) is 5.75 Å². The molecular formula is C29H22BrN3O6. The number of aryl methyl sites for hydroxylation is 1. The summed E-state index contributed by atoms with van der Waals surface area (Å²) in [5.74, 6) is -2.40. The molecule has 0 bridgehead atoms. The first kappa shape index (κ1) is 25.0. The van der Waals surface area contributed by atoms with Crippen LogP contribution in [0.5, 0.6) is 5.75 Å². The van der Waals surface area contributed by atoms with Gasteiger partial charge >= 0.3 is 0 Å². The quantitative estimate of drug-likeness (QED) is 0.177. The van der Waals surface area contributed by atoms with Crippen molar-refractivity contribution in [2.45, 2.75) is 19.0 Å². The second kappa shape index (κ2) is 9.16. The van der Waals surface area contributed by atoms with Gasteiger partial charge in [0.15, 0.2) is 5.78 Å². The zero-order chi connectivity index (χ0) is 27.6. The first-order valence-corrected chi connectivity index (χ1v) is 13.1. The van der Waals surface area contributed by atoms with Gasteiger partial charge in [-0.3, -0.25) is 24.5 Å². The molecule has 3 aromatic carbocycles. The van der Waals surface area contributed by atoms with Crippen LogP contribution in [0.1, 0.15) is 33.1 Å². The number of imide groups is 1. The Labute approximate surface area is 231 Å². The molecule has 6 rings (SSSR count). The number of anilines is 1. The molecule has 0 unspecified atom stereocenters. The monoisotopic (exact) mass is 587 g/mol. The fourth-order valence-corrected chi connectivity index (χ4v) is 6.63. The molecular weight excluding hydrogens is 566 g/mol. The second-order valence-corrected chi connectivity index (χ2v) is 10.6. The van der Waals surface area contributed by atoms with E-state index in [0.717, 1.165) is 16.0 Å². The van der Waals surface area contributed by atoms with Gasteiger partial charge in [0.05, 0.1) is 40.1 Å². The van der Waals surface area contributed by atoms with Gasteiger partial charge in [0.25, 0.3) is 5.69 Å². The zero-order valence-corrected chi connectivity index (χ0v) is 22.5. The summed E-state index contributed by atoms with van der Waals surface area (Å²) in [5, 5.41) is 11.3. The molecule has 3 aliphatic rings. The summed E-state index contributed by atoms with van der Waals surface area (Å²) in [6.07, 6.45) is 3.69. The number of hydrogen-bond donors (Lipinski definition) is 0. The minimum atomic E-state index is -0.943. The molecule has 196 valence electrons.